The van der Waals surface area contributed by atoms with Crippen LogP contribution in [0.3, 0.4) is 0 Å². The Kier molecular flexibility index (Phi) is 9.39. The Morgan fingerprint density at radius 1 is 1.03 bits per heavy atom. The van der Waals surface area contributed by atoms with Crippen molar-refractivity contribution in [3.05, 3.63) is 23.8 Å². The molecule has 8 nitrogen and oxygen atoms in total. The van der Waals surface area contributed by atoms with Gasteiger partial charge in [-0.3, -0.25) is 4.79 Å². The molecule has 30 heavy (non-hydrogen) atoms. The third-order valence-electron chi connectivity index (χ3n) is 5.96. The summed E-state index contributed by atoms with van der Waals surface area (Å²) in [5, 5.41) is 2.87. The van der Waals surface area contributed by atoms with Crippen molar-refractivity contribution in [1.29, 1.82) is 0 Å². The van der Waals surface area contributed by atoms with Gasteiger partial charge in [-0.1, -0.05) is 20.3 Å². The molecule has 0 unspecified atom stereocenters. The first-order chi connectivity index (χ1) is 14.4. The lowest BCUT2D eigenvalue weighted by atomic mass is 9.99. The van der Waals surface area contributed by atoms with E-state index >= 15 is 0 Å². The number of hydrogen-bond acceptors (Lipinski definition) is 5. The summed E-state index contributed by atoms with van der Waals surface area (Å²) < 4.78 is 15.5. The summed E-state index contributed by atoms with van der Waals surface area (Å²) in [4.78, 5) is 27.2. The molecular formula is C22H37N3O5+2. The Hall–Kier alpha value is -2.32. The van der Waals surface area contributed by atoms with Gasteiger partial charge < -0.3 is 29.3 Å². The zero-order valence-corrected chi connectivity index (χ0v) is 18.9. The van der Waals surface area contributed by atoms with E-state index < -0.39 is 6.04 Å². The Bertz CT molecular complexity index is 704. The van der Waals surface area contributed by atoms with E-state index in [2.05, 4.69) is 11.4 Å². The van der Waals surface area contributed by atoms with Gasteiger partial charge in [0.1, 0.15) is 38.8 Å². The number of quaternary nitrogens is 2. The molecule has 3 N–H and O–H groups in total. The smallest absolute Gasteiger partial charge is 0.328 e. The van der Waals surface area contributed by atoms with Crippen LogP contribution in [0, 0.1) is 5.92 Å². The van der Waals surface area contributed by atoms with Gasteiger partial charge in [-0.15, -0.1) is 0 Å². The average Bonchev–Trinajstić information content (AvgIpc) is 2.77. The molecule has 1 heterocycles. The van der Waals surface area contributed by atoms with Gasteiger partial charge in [-0.2, -0.15) is 0 Å². The van der Waals surface area contributed by atoms with E-state index in [1.165, 1.54) is 22.5 Å². The highest BCUT2D eigenvalue weighted by Crippen LogP contribution is 2.27. The van der Waals surface area contributed by atoms with Crippen molar-refractivity contribution in [1.82, 2.24) is 5.32 Å². The molecular weight excluding hydrogens is 386 g/mol. The van der Waals surface area contributed by atoms with E-state index in [1.54, 1.807) is 14.2 Å². The maximum absolute atomic E-state index is 12.5. The Balaban J connectivity index is 1.82. The van der Waals surface area contributed by atoms with Crippen LogP contribution in [0.15, 0.2) is 18.2 Å². The molecule has 1 amide bonds. The first-order valence-electron chi connectivity index (χ1n) is 10.7. The van der Waals surface area contributed by atoms with Gasteiger partial charge in [0.25, 0.3) is 5.91 Å². The molecule has 1 fully saturated rings. The summed E-state index contributed by atoms with van der Waals surface area (Å²) >= 11 is 0. The SMILES string of the molecule is CC[C@H](C)[C@@H](NC(=O)C[NH+]1CC[NH+](Cc2ccc(OC)c(OC)c2)CC1)C(=O)OC. The van der Waals surface area contributed by atoms with E-state index in [-0.39, 0.29) is 17.8 Å². The number of amides is 1. The molecule has 168 valence electrons. The molecule has 0 saturated carbocycles. The number of carbonyl (C=O) groups is 2. The van der Waals surface area contributed by atoms with Crippen LogP contribution in [0.2, 0.25) is 0 Å². The second-order valence-electron chi connectivity index (χ2n) is 8.00. The van der Waals surface area contributed by atoms with Crippen molar-refractivity contribution >= 4 is 11.9 Å². The van der Waals surface area contributed by atoms with Crippen LogP contribution >= 0.6 is 0 Å². The molecule has 8 heteroatoms. The number of hydrogen-bond donors (Lipinski definition) is 3. The number of carbonyl (C=O) groups excluding carboxylic acids is 2. The molecule has 1 aliphatic rings. The van der Waals surface area contributed by atoms with Crippen molar-refractivity contribution in [3.8, 4) is 11.5 Å². The quantitative estimate of drug-likeness (QED) is 0.407. The van der Waals surface area contributed by atoms with Crippen molar-refractivity contribution < 1.29 is 33.6 Å². The highest BCUT2D eigenvalue weighted by molar-refractivity contribution is 5.85. The summed E-state index contributed by atoms with van der Waals surface area (Å²) in [5.41, 5.74) is 1.21. The second kappa shape index (κ2) is 11.8. The van der Waals surface area contributed by atoms with Crippen molar-refractivity contribution in [2.75, 3.05) is 54.1 Å². The molecule has 1 aromatic rings. The van der Waals surface area contributed by atoms with Crippen LogP contribution in [0.5, 0.6) is 11.5 Å². The highest BCUT2D eigenvalue weighted by Gasteiger charge is 2.30. The Labute approximate surface area is 179 Å². The minimum atomic E-state index is -0.580. The van der Waals surface area contributed by atoms with Gasteiger partial charge in [0, 0.05) is 5.56 Å². The minimum absolute atomic E-state index is 0.0409. The third-order valence-corrected chi connectivity index (χ3v) is 5.96. The van der Waals surface area contributed by atoms with E-state index in [0.717, 1.165) is 50.6 Å². The normalized spacial score (nSPS) is 20.7. The number of esters is 1. The van der Waals surface area contributed by atoms with Crippen molar-refractivity contribution in [2.24, 2.45) is 5.92 Å². The van der Waals surface area contributed by atoms with Gasteiger partial charge in [0.05, 0.1) is 21.3 Å². The van der Waals surface area contributed by atoms with Gasteiger partial charge >= 0.3 is 5.97 Å². The van der Waals surface area contributed by atoms with Crippen LogP contribution in [0.1, 0.15) is 25.8 Å². The zero-order valence-electron chi connectivity index (χ0n) is 18.9. The number of ether oxygens (including phenoxy) is 3. The van der Waals surface area contributed by atoms with Crippen LogP contribution in [-0.4, -0.2) is 72.0 Å². The van der Waals surface area contributed by atoms with Crippen molar-refractivity contribution in [3.63, 3.8) is 0 Å². The summed E-state index contributed by atoms with van der Waals surface area (Å²) in [6.45, 7) is 9.06. The van der Waals surface area contributed by atoms with Crippen LogP contribution in [-0.2, 0) is 20.9 Å². The fourth-order valence-electron chi connectivity index (χ4n) is 3.84. The van der Waals surface area contributed by atoms with Gasteiger partial charge in [-0.25, -0.2) is 4.79 Å². The van der Waals surface area contributed by atoms with E-state index in [1.807, 2.05) is 26.0 Å². The topological polar surface area (TPSA) is 82.7 Å². The zero-order chi connectivity index (χ0) is 22.1. The van der Waals surface area contributed by atoms with Gasteiger partial charge in [0.2, 0.25) is 0 Å². The molecule has 1 aliphatic heterocycles. The number of piperazine rings is 1. The molecule has 1 aromatic carbocycles. The standard InChI is InChI=1S/C22H35N3O5/c1-6-16(2)21(22(27)30-5)23-20(26)15-25-11-9-24(10-12-25)14-17-7-8-18(28-3)19(13-17)29-4/h7-8,13,16,21H,6,9-12,14-15H2,1-5H3,(H,23,26)/p+2/t16-,21+/m0/s1. The monoisotopic (exact) mass is 423 g/mol. The van der Waals surface area contributed by atoms with Crippen LogP contribution in [0.4, 0.5) is 0 Å². The van der Waals surface area contributed by atoms with E-state index in [9.17, 15) is 9.59 Å². The molecule has 0 radical (unpaired) electrons. The summed E-state index contributed by atoms with van der Waals surface area (Å²) in [6, 6.07) is 5.46. The fourth-order valence-corrected chi connectivity index (χ4v) is 3.84. The fraction of sp³-hybridized carbons (Fsp3) is 0.636. The molecule has 0 aromatic heterocycles. The number of benzene rings is 1. The maximum Gasteiger partial charge on any atom is 0.328 e. The first-order valence-corrected chi connectivity index (χ1v) is 10.7. The molecule has 1 saturated heterocycles. The Morgan fingerprint density at radius 2 is 1.67 bits per heavy atom. The number of nitrogens with one attached hydrogen (secondary N) is 3. The molecule has 2 atom stereocenters. The molecule has 2 rings (SSSR count). The Morgan fingerprint density at radius 3 is 2.23 bits per heavy atom. The van der Waals surface area contributed by atoms with Crippen molar-refractivity contribution in [2.45, 2.75) is 32.9 Å². The lowest BCUT2D eigenvalue weighted by molar-refractivity contribution is -1.02. The maximum atomic E-state index is 12.5. The van der Waals surface area contributed by atoms with Gasteiger partial charge in [-0.05, 0) is 24.1 Å². The molecule has 0 spiro atoms. The predicted octanol–water partition coefficient (Wildman–Crippen LogP) is -1.31. The second-order valence-corrected chi connectivity index (χ2v) is 8.00. The van der Waals surface area contributed by atoms with E-state index in [0.29, 0.717) is 6.54 Å². The lowest BCUT2D eigenvalue weighted by Gasteiger charge is -2.30. The first kappa shape index (κ1) is 24.0. The van der Waals surface area contributed by atoms with E-state index in [4.69, 9.17) is 14.2 Å². The molecule has 0 bridgehead atoms. The summed E-state index contributed by atoms with van der Waals surface area (Å²) in [7, 11) is 4.64. The number of methoxy groups -OCH3 is 3. The van der Waals surface area contributed by atoms with Gasteiger partial charge in [0.15, 0.2) is 18.0 Å². The molecule has 0 aliphatic carbocycles. The van der Waals surface area contributed by atoms with Crippen LogP contribution in [0.25, 0.3) is 0 Å². The minimum Gasteiger partial charge on any atom is -0.493 e. The predicted molar refractivity (Wildman–Crippen MR) is 113 cm³/mol. The summed E-state index contributed by atoms with van der Waals surface area (Å²) in [5.74, 6) is 1.05. The highest BCUT2D eigenvalue weighted by atomic mass is 16.5. The lowest BCUT2D eigenvalue weighted by Crippen LogP contribution is -3.28. The average molecular weight is 424 g/mol. The number of rotatable bonds is 10. The van der Waals surface area contributed by atoms with Crippen LogP contribution < -0.4 is 24.6 Å². The third kappa shape index (κ3) is 6.60. The largest absolute Gasteiger partial charge is 0.493 e. The summed E-state index contributed by atoms with van der Waals surface area (Å²) in [6.07, 6.45) is 0.797.